The van der Waals surface area contributed by atoms with Gasteiger partial charge < -0.3 is 10.2 Å². The highest BCUT2D eigenvalue weighted by molar-refractivity contribution is 9.10. The van der Waals surface area contributed by atoms with Crippen LogP contribution in [0.2, 0.25) is 0 Å². The van der Waals surface area contributed by atoms with Crippen molar-refractivity contribution in [2.45, 2.75) is 20.4 Å². The third-order valence-corrected chi connectivity index (χ3v) is 5.34. The van der Waals surface area contributed by atoms with E-state index in [1.54, 1.807) is 13.1 Å². The Morgan fingerprint density at radius 1 is 1.07 bits per heavy atom. The third kappa shape index (κ3) is 4.92. The molecule has 0 radical (unpaired) electrons. The molecule has 3 aromatic rings. The summed E-state index contributed by atoms with van der Waals surface area (Å²) in [6, 6.07) is 17.3. The van der Waals surface area contributed by atoms with E-state index in [-0.39, 0.29) is 18.4 Å². The number of hydrogen-bond donors (Lipinski definition) is 1. The molecule has 29 heavy (non-hydrogen) atoms. The van der Waals surface area contributed by atoms with E-state index in [1.807, 2.05) is 67.1 Å². The Morgan fingerprint density at radius 3 is 2.41 bits per heavy atom. The Balaban J connectivity index is 1.71. The van der Waals surface area contributed by atoms with E-state index in [1.165, 1.54) is 4.90 Å². The number of anilines is 1. The predicted octanol–water partition coefficient (Wildman–Crippen LogP) is 4.02. The fraction of sp³-hybridized carbons (Fsp3) is 0.227. The molecule has 0 saturated carbocycles. The number of nitrogens with zero attached hydrogens (tertiary/aromatic N) is 3. The number of nitrogens with one attached hydrogen (secondary N) is 1. The zero-order valence-electron chi connectivity index (χ0n) is 16.6. The Morgan fingerprint density at radius 2 is 1.72 bits per heavy atom. The van der Waals surface area contributed by atoms with Gasteiger partial charge >= 0.3 is 0 Å². The molecule has 1 N–H and O–H groups in total. The van der Waals surface area contributed by atoms with Crippen molar-refractivity contribution in [2.75, 3.05) is 18.9 Å². The average molecular weight is 455 g/mol. The number of para-hydroxylation sites is 1. The van der Waals surface area contributed by atoms with Crippen LogP contribution >= 0.6 is 15.9 Å². The first-order valence-corrected chi connectivity index (χ1v) is 10.0. The normalized spacial score (nSPS) is 10.6. The van der Waals surface area contributed by atoms with Crippen LogP contribution in [-0.4, -0.2) is 40.1 Å². The van der Waals surface area contributed by atoms with Gasteiger partial charge in [-0.1, -0.05) is 42.5 Å². The minimum atomic E-state index is -0.264. The van der Waals surface area contributed by atoms with Gasteiger partial charge in [0.05, 0.1) is 30.0 Å². The molecule has 6 nitrogen and oxygen atoms in total. The maximum absolute atomic E-state index is 13.0. The van der Waals surface area contributed by atoms with E-state index in [0.717, 1.165) is 15.7 Å². The number of rotatable bonds is 6. The summed E-state index contributed by atoms with van der Waals surface area (Å²) in [7, 11) is 1.62. The topological polar surface area (TPSA) is 67.2 Å². The van der Waals surface area contributed by atoms with E-state index in [2.05, 4.69) is 26.3 Å². The first-order valence-electron chi connectivity index (χ1n) is 9.24. The van der Waals surface area contributed by atoms with Crippen LogP contribution in [-0.2, 0) is 11.3 Å². The zero-order chi connectivity index (χ0) is 21.0. The highest BCUT2D eigenvalue weighted by atomic mass is 79.9. The first-order chi connectivity index (χ1) is 13.9. The largest absolute Gasteiger partial charge is 0.332 e. The van der Waals surface area contributed by atoms with Crippen LogP contribution in [0.25, 0.3) is 0 Å². The van der Waals surface area contributed by atoms with Gasteiger partial charge in [0, 0.05) is 17.2 Å². The number of aryl methyl sites for hydroxylation is 1. The number of carbonyl (C=O) groups excluding carboxylic acids is 2. The van der Waals surface area contributed by atoms with Crippen LogP contribution in [0.15, 0.2) is 59.1 Å². The Kier molecular flexibility index (Phi) is 6.49. The molecular weight excluding hydrogens is 432 g/mol. The Hall–Kier alpha value is -2.93. The molecule has 3 rings (SSSR count). The van der Waals surface area contributed by atoms with E-state index in [4.69, 9.17) is 0 Å². The van der Waals surface area contributed by atoms with E-state index < -0.39 is 0 Å². The molecule has 7 heteroatoms. The first kappa shape index (κ1) is 20.8. The number of hydrogen-bond acceptors (Lipinski definition) is 3. The summed E-state index contributed by atoms with van der Waals surface area (Å²) in [5.41, 5.74) is 3.76. The Bertz CT molecular complexity index is 1030. The van der Waals surface area contributed by atoms with E-state index in [0.29, 0.717) is 23.5 Å². The number of amides is 2. The van der Waals surface area contributed by atoms with E-state index in [9.17, 15) is 9.59 Å². The van der Waals surface area contributed by atoms with Gasteiger partial charge in [-0.05, 0) is 47.5 Å². The summed E-state index contributed by atoms with van der Waals surface area (Å²) in [6.07, 6.45) is 0. The number of benzene rings is 2. The van der Waals surface area contributed by atoms with Crippen molar-refractivity contribution in [3.8, 4) is 0 Å². The molecule has 0 aliphatic heterocycles. The molecule has 0 unspecified atom stereocenters. The van der Waals surface area contributed by atoms with Crippen LogP contribution < -0.4 is 5.32 Å². The molecule has 150 valence electrons. The van der Waals surface area contributed by atoms with Crippen molar-refractivity contribution < 1.29 is 9.59 Å². The lowest BCUT2D eigenvalue weighted by Gasteiger charge is -2.17. The standard InChI is InChI=1S/C22H23BrN4O2/c1-15-21(16(2)27(25-15)13-17-9-5-4-6-10-17)22(29)26(3)14-20(28)24-19-12-8-7-11-18(19)23/h4-12H,13-14H2,1-3H3,(H,24,28). The second-order valence-electron chi connectivity index (χ2n) is 6.88. The molecule has 0 aliphatic carbocycles. The smallest absolute Gasteiger partial charge is 0.257 e. The van der Waals surface area contributed by atoms with Gasteiger partial charge in [0.2, 0.25) is 5.91 Å². The van der Waals surface area contributed by atoms with Gasteiger partial charge in [-0.15, -0.1) is 0 Å². The molecule has 0 spiro atoms. The van der Waals surface area contributed by atoms with Crippen molar-refractivity contribution in [3.05, 3.63) is 81.6 Å². The summed E-state index contributed by atoms with van der Waals surface area (Å²) in [6.45, 7) is 4.23. The molecule has 0 saturated heterocycles. The average Bonchev–Trinajstić information content (AvgIpc) is 2.97. The molecule has 1 heterocycles. The van der Waals surface area contributed by atoms with Gasteiger partial charge in [0.1, 0.15) is 0 Å². The van der Waals surface area contributed by atoms with Gasteiger partial charge in [0.15, 0.2) is 0 Å². The van der Waals surface area contributed by atoms with Crippen molar-refractivity contribution in [1.82, 2.24) is 14.7 Å². The predicted molar refractivity (Wildman–Crippen MR) is 117 cm³/mol. The monoisotopic (exact) mass is 454 g/mol. The number of carbonyl (C=O) groups is 2. The number of likely N-dealkylation sites (N-methyl/N-ethyl adjacent to an activating group) is 1. The zero-order valence-corrected chi connectivity index (χ0v) is 18.2. The van der Waals surface area contributed by atoms with Crippen molar-refractivity contribution in [2.24, 2.45) is 0 Å². The summed E-state index contributed by atoms with van der Waals surface area (Å²) in [5.74, 6) is -0.485. The fourth-order valence-electron chi connectivity index (χ4n) is 3.15. The van der Waals surface area contributed by atoms with Gasteiger partial charge in [0.25, 0.3) is 5.91 Å². The van der Waals surface area contributed by atoms with Crippen LogP contribution in [0.3, 0.4) is 0 Å². The fourth-order valence-corrected chi connectivity index (χ4v) is 3.53. The summed E-state index contributed by atoms with van der Waals surface area (Å²) < 4.78 is 2.61. The van der Waals surface area contributed by atoms with Crippen molar-refractivity contribution in [1.29, 1.82) is 0 Å². The number of halogens is 1. The SMILES string of the molecule is Cc1nn(Cc2ccccc2)c(C)c1C(=O)N(C)CC(=O)Nc1ccccc1Br. The quantitative estimate of drug-likeness (QED) is 0.611. The molecule has 0 aliphatic rings. The van der Waals surface area contributed by atoms with Crippen molar-refractivity contribution >= 4 is 33.4 Å². The highest BCUT2D eigenvalue weighted by Crippen LogP contribution is 2.21. The molecule has 0 bridgehead atoms. The second kappa shape index (κ2) is 9.05. The molecule has 2 amide bonds. The van der Waals surface area contributed by atoms with Crippen LogP contribution in [0.4, 0.5) is 5.69 Å². The molecule has 0 atom stereocenters. The molecule has 1 aromatic heterocycles. The summed E-state index contributed by atoms with van der Waals surface area (Å²) >= 11 is 3.40. The maximum Gasteiger partial charge on any atom is 0.257 e. The molecular formula is C22H23BrN4O2. The lowest BCUT2D eigenvalue weighted by atomic mass is 10.1. The van der Waals surface area contributed by atoms with Crippen LogP contribution in [0.5, 0.6) is 0 Å². The summed E-state index contributed by atoms with van der Waals surface area (Å²) in [4.78, 5) is 26.8. The maximum atomic E-state index is 13.0. The highest BCUT2D eigenvalue weighted by Gasteiger charge is 2.23. The van der Waals surface area contributed by atoms with Crippen LogP contribution in [0, 0.1) is 13.8 Å². The van der Waals surface area contributed by atoms with Gasteiger partial charge in [-0.25, -0.2) is 0 Å². The molecule has 2 aromatic carbocycles. The van der Waals surface area contributed by atoms with Gasteiger partial charge in [-0.3, -0.25) is 14.3 Å². The third-order valence-electron chi connectivity index (χ3n) is 4.65. The Labute approximate surface area is 178 Å². The summed E-state index contributed by atoms with van der Waals surface area (Å²) in [5, 5.41) is 7.34. The van der Waals surface area contributed by atoms with Crippen molar-refractivity contribution in [3.63, 3.8) is 0 Å². The lowest BCUT2D eigenvalue weighted by Crippen LogP contribution is -2.35. The minimum Gasteiger partial charge on any atom is -0.332 e. The minimum absolute atomic E-state index is 0.0527. The molecule has 0 fully saturated rings. The van der Waals surface area contributed by atoms with Crippen LogP contribution in [0.1, 0.15) is 27.3 Å². The lowest BCUT2D eigenvalue weighted by molar-refractivity contribution is -0.116. The number of aromatic nitrogens is 2. The van der Waals surface area contributed by atoms with Gasteiger partial charge in [-0.2, -0.15) is 5.10 Å². The second-order valence-corrected chi connectivity index (χ2v) is 7.73. The van der Waals surface area contributed by atoms with E-state index >= 15 is 0 Å².